The van der Waals surface area contributed by atoms with Crippen LogP contribution in [0.5, 0.6) is 0 Å². The van der Waals surface area contributed by atoms with Crippen molar-refractivity contribution in [3.63, 3.8) is 0 Å². The molecule has 1 N–H and O–H groups in total. The van der Waals surface area contributed by atoms with E-state index in [4.69, 9.17) is 0 Å². The van der Waals surface area contributed by atoms with Gasteiger partial charge < -0.3 is 10.1 Å². The summed E-state index contributed by atoms with van der Waals surface area (Å²) in [5.41, 5.74) is 0. The van der Waals surface area contributed by atoms with E-state index in [9.17, 15) is 13.8 Å². The second kappa shape index (κ2) is 6.53. The number of carbonyl (C=O) groups is 2. The molecule has 0 heterocycles. The molecule has 6 heteroatoms. The number of nitrogens with one attached hydrogen (secondary N) is 1. The molecule has 2 atom stereocenters. The molecule has 0 aromatic heterocycles. The van der Waals surface area contributed by atoms with Gasteiger partial charge in [-0.15, -0.1) is 0 Å². The third kappa shape index (κ3) is 4.96. The molecule has 0 radical (unpaired) electrons. The van der Waals surface area contributed by atoms with Crippen molar-refractivity contribution in [1.82, 2.24) is 5.32 Å². The first kappa shape index (κ1) is 13.1. The van der Waals surface area contributed by atoms with Gasteiger partial charge in [0.25, 0.3) is 0 Å². The van der Waals surface area contributed by atoms with Crippen LogP contribution in [0.2, 0.25) is 0 Å². The fourth-order valence-corrected chi connectivity index (χ4v) is 1.69. The zero-order valence-electron chi connectivity index (χ0n) is 8.53. The number of carbonyl (C=O) groups excluding carboxylic acids is 2. The SMILES string of the molecule is CCS(=O)CC(NC(C)=O)C(=O)OC. The number of hydrogen-bond donors (Lipinski definition) is 1. The maximum Gasteiger partial charge on any atom is 0.329 e. The summed E-state index contributed by atoms with van der Waals surface area (Å²) in [5.74, 6) is -0.356. The Morgan fingerprint density at radius 2 is 2.07 bits per heavy atom. The van der Waals surface area contributed by atoms with Gasteiger partial charge in [0.15, 0.2) is 0 Å². The maximum atomic E-state index is 11.2. The van der Waals surface area contributed by atoms with Crippen LogP contribution in [0.25, 0.3) is 0 Å². The Bertz CT molecular complexity index is 241. The van der Waals surface area contributed by atoms with Crippen LogP contribution in [0, 0.1) is 0 Å². The number of methoxy groups -OCH3 is 1. The highest BCUT2D eigenvalue weighted by Gasteiger charge is 2.21. The van der Waals surface area contributed by atoms with Gasteiger partial charge in [0.2, 0.25) is 5.91 Å². The molecular weight excluding hydrogens is 206 g/mol. The van der Waals surface area contributed by atoms with E-state index in [2.05, 4.69) is 10.1 Å². The van der Waals surface area contributed by atoms with Crippen LogP contribution in [0.3, 0.4) is 0 Å². The third-order valence-electron chi connectivity index (χ3n) is 1.54. The molecule has 14 heavy (non-hydrogen) atoms. The van der Waals surface area contributed by atoms with Gasteiger partial charge in [0.05, 0.1) is 12.9 Å². The number of amides is 1. The zero-order valence-corrected chi connectivity index (χ0v) is 9.35. The summed E-state index contributed by atoms with van der Waals surface area (Å²) in [5, 5.41) is 2.39. The summed E-state index contributed by atoms with van der Waals surface area (Å²) in [6.07, 6.45) is 0. The summed E-state index contributed by atoms with van der Waals surface area (Å²) in [6.45, 7) is 3.04. The van der Waals surface area contributed by atoms with Crippen LogP contribution in [0.4, 0.5) is 0 Å². The van der Waals surface area contributed by atoms with Gasteiger partial charge in [0.1, 0.15) is 6.04 Å². The number of esters is 1. The van der Waals surface area contributed by atoms with Gasteiger partial charge in [-0.25, -0.2) is 4.79 Å². The molecule has 0 aliphatic rings. The lowest BCUT2D eigenvalue weighted by molar-refractivity contribution is -0.144. The first-order valence-corrected chi connectivity index (χ1v) is 5.70. The van der Waals surface area contributed by atoms with E-state index in [0.717, 1.165) is 0 Å². The highest BCUT2D eigenvalue weighted by Crippen LogP contribution is 1.93. The zero-order chi connectivity index (χ0) is 11.1. The second-order valence-electron chi connectivity index (χ2n) is 2.67. The molecule has 5 nitrogen and oxygen atoms in total. The summed E-state index contributed by atoms with van der Waals surface area (Å²) in [7, 11) is 0.117. The monoisotopic (exact) mass is 221 g/mol. The Hall–Kier alpha value is -0.910. The molecule has 0 aromatic rings. The maximum absolute atomic E-state index is 11.2. The summed E-state index contributed by atoms with van der Waals surface area (Å²) in [4.78, 5) is 21.9. The smallest absolute Gasteiger partial charge is 0.329 e. The molecule has 0 rings (SSSR count). The number of hydrogen-bond acceptors (Lipinski definition) is 4. The van der Waals surface area contributed by atoms with Crippen molar-refractivity contribution < 1.29 is 18.5 Å². The molecular formula is C8H15NO4S. The summed E-state index contributed by atoms with van der Waals surface area (Å²) < 4.78 is 15.6. The molecule has 0 aliphatic heterocycles. The van der Waals surface area contributed by atoms with Crippen LogP contribution < -0.4 is 5.32 Å². The molecule has 0 spiro atoms. The van der Waals surface area contributed by atoms with Gasteiger partial charge in [-0.3, -0.25) is 9.00 Å². The van der Waals surface area contributed by atoms with Gasteiger partial charge in [-0.05, 0) is 0 Å². The predicted octanol–water partition coefficient (Wildman–Crippen LogP) is -0.567. The molecule has 82 valence electrons. The third-order valence-corrected chi connectivity index (χ3v) is 2.89. The normalized spacial score (nSPS) is 14.2. The minimum Gasteiger partial charge on any atom is -0.467 e. The molecule has 0 fully saturated rings. The molecule has 0 aliphatic carbocycles. The first-order chi connectivity index (χ1) is 6.51. The highest BCUT2D eigenvalue weighted by molar-refractivity contribution is 7.85. The van der Waals surface area contributed by atoms with E-state index < -0.39 is 22.8 Å². The average molecular weight is 221 g/mol. The standard InChI is InChI=1S/C8H15NO4S/c1-4-14(12)5-7(8(11)13-3)9-6(2)10/h7H,4-5H2,1-3H3,(H,9,10). The van der Waals surface area contributed by atoms with Crippen LogP contribution in [-0.4, -0.2) is 40.7 Å². The van der Waals surface area contributed by atoms with Gasteiger partial charge in [-0.1, -0.05) is 6.92 Å². The van der Waals surface area contributed by atoms with Crippen LogP contribution in [-0.2, 0) is 25.1 Å². The topological polar surface area (TPSA) is 72.5 Å². The fourth-order valence-electron chi connectivity index (χ4n) is 0.860. The van der Waals surface area contributed by atoms with Gasteiger partial charge in [-0.2, -0.15) is 0 Å². The van der Waals surface area contributed by atoms with Crippen LogP contribution in [0.1, 0.15) is 13.8 Å². The lowest BCUT2D eigenvalue weighted by atomic mass is 10.3. The van der Waals surface area contributed by atoms with Crippen molar-refractivity contribution in [2.24, 2.45) is 0 Å². The summed E-state index contributed by atoms with van der Waals surface area (Å²) in [6, 6.07) is -0.807. The number of rotatable bonds is 5. The van der Waals surface area contributed by atoms with Crippen molar-refractivity contribution in [2.45, 2.75) is 19.9 Å². The minimum absolute atomic E-state index is 0.1000. The van der Waals surface area contributed by atoms with E-state index in [1.54, 1.807) is 6.92 Å². The quantitative estimate of drug-likeness (QED) is 0.631. The van der Waals surface area contributed by atoms with Crippen molar-refractivity contribution in [2.75, 3.05) is 18.6 Å². The predicted molar refractivity (Wildman–Crippen MR) is 53.2 cm³/mol. The molecule has 2 unspecified atom stereocenters. The Kier molecular flexibility index (Phi) is 6.11. The number of ether oxygens (including phenoxy) is 1. The van der Waals surface area contributed by atoms with E-state index in [1.807, 2.05) is 0 Å². The molecule has 0 bridgehead atoms. The lowest BCUT2D eigenvalue weighted by Crippen LogP contribution is -2.44. The minimum atomic E-state index is -1.11. The fraction of sp³-hybridized carbons (Fsp3) is 0.750. The molecule has 0 aromatic carbocycles. The molecule has 0 saturated carbocycles. The Morgan fingerprint density at radius 3 is 2.43 bits per heavy atom. The first-order valence-electron chi connectivity index (χ1n) is 4.21. The van der Waals surface area contributed by atoms with Gasteiger partial charge >= 0.3 is 5.97 Å². The van der Waals surface area contributed by atoms with Crippen LogP contribution >= 0.6 is 0 Å². The van der Waals surface area contributed by atoms with Crippen molar-refractivity contribution >= 4 is 22.7 Å². The van der Waals surface area contributed by atoms with E-state index in [1.165, 1.54) is 14.0 Å². The van der Waals surface area contributed by atoms with Gasteiger partial charge in [0, 0.05) is 23.5 Å². The lowest BCUT2D eigenvalue weighted by Gasteiger charge is -2.14. The summed E-state index contributed by atoms with van der Waals surface area (Å²) >= 11 is 0. The molecule has 1 amide bonds. The van der Waals surface area contributed by atoms with Crippen molar-refractivity contribution in [3.8, 4) is 0 Å². The van der Waals surface area contributed by atoms with Crippen molar-refractivity contribution in [3.05, 3.63) is 0 Å². The Labute approximate surface area is 85.7 Å². The second-order valence-corrected chi connectivity index (χ2v) is 4.46. The highest BCUT2D eigenvalue weighted by atomic mass is 32.2. The van der Waals surface area contributed by atoms with Crippen LogP contribution in [0.15, 0.2) is 0 Å². The largest absolute Gasteiger partial charge is 0.467 e. The van der Waals surface area contributed by atoms with E-state index in [-0.39, 0.29) is 11.7 Å². The Morgan fingerprint density at radius 1 is 1.50 bits per heavy atom. The Balaban J connectivity index is 4.31. The van der Waals surface area contributed by atoms with E-state index >= 15 is 0 Å². The van der Waals surface area contributed by atoms with Crippen molar-refractivity contribution in [1.29, 1.82) is 0 Å². The van der Waals surface area contributed by atoms with E-state index in [0.29, 0.717) is 5.75 Å². The average Bonchev–Trinajstić information content (AvgIpc) is 2.14. The molecule has 0 saturated heterocycles.